The first-order chi connectivity index (χ1) is 29.9. The first-order valence-corrected chi connectivity index (χ1v) is 23.3. The minimum atomic E-state index is -0.447. The molecule has 370 valence electrons. The van der Waals surface area contributed by atoms with Crippen molar-refractivity contribution in [2.75, 3.05) is 69.2 Å². The summed E-state index contributed by atoms with van der Waals surface area (Å²) in [5.74, 6) is 0.631. The Bertz CT molecular complexity index is 1280. The first kappa shape index (κ1) is 66.2. The predicted molar refractivity (Wildman–Crippen MR) is 260 cm³/mol. The van der Waals surface area contributed by atoms with Crippen LogP contribution in [0.5, 0.6) is 0 Å². The van der Waals surface area contributed by atoms with Crippen LogP contribution in [0.4, 0.5) is 0 Å². The molecule has 0 aliphatic carbocycles. The smallest absolute Gasteiger partial charge is 0.325 e. The van der Waals surface area contributed by atoms with Crippen molar-refractivity contribution < 1.29 is 38.2 Å². The number of ether oxygens (including phenoxy) is 3. The molecule has 63 heavy (non-hydrogen) atoms. The number of esters is 1. The fourth-order valence-electron chi connectivity index (χ4n) is 7.51. The molecule has 3 amide bonds. The number of benzene rings is 1. The van der Waals surface area contributed by atoms with E-state index in [2.05, 4.69) is 56.8 Å². The summed E-state index contributed by atoms with van der Waals surface area (Å²) in [5, 5.41) is 2.14. The van der Waals surface area contributed by atoms with Gasteiger partial charge in [0, 0.05) is 40.4 Å². The lowest BCUT2D eigenvalue weighted by molar-refractivity contribution is -0.146. The van der Waals surface area contributed by atoms with Gasteiger partial charge in [-0.15, -0.1) is 0 Å². The monoisotopic (exact) mass is 897 g/mol. The standard InChI is InChI=1S/C25H48N4O4.C7H15NO.C7H8.C4H7NO3.3C2H6/c1-9-17(4)23(28(6)25(31)20-13-18(26)15-27(20)5)21(32-7)14-22(30)29-12-10-11-19(29)24(33-8)16(2)3;1-6(2)7(5-9)8(3)4;1-7-5-3-2-4-6-7;1-8-4(7)2-5-3-6;3*1-2/h16-21,23-24H,9-15,26H2,1-8H3;5-7H,1-4H3;2-6H,1H3;3H,2H2,1H3,(H,5,6);3*1-2H3. The first-order valence-electron chi connectivity index (χ1n) is 23.3. The van der Waals surface area contributed by atoms with E-state index in [4.69, 9.17) is 15.2 Å². The summed E-state index contributed by atoms with van der Waals surface area (Å²) in [7, 11) is 12.3. The minimum absolute atomic E-state index is 0.0148. The Morgan fingerprint density at radius 2 is 1.46 bits per heavy atom. The number of rotatable bonds is 17. The fourth-order valence-corrected chi connectivity index (χ4v) is 7.51. The van der Waals surface area contributed by atoms with Crippen molar-refractivity contribution in [2.45, 2.75) is 165 Å². The second-order valence-electron chi connectivity index (χ2n) is 16.1. The van der Waals surface area contributed by atoms with Crippen LogP contribution in [-0.4, -0.2) is 162 Å². The molecule has 14 heteroatoms. The van der Waals surface area contributed by atoms with Gasteiger partial charge in [0.15, 0.2) is 0 Å². The highest BCUT2D eigenvalue weighted by Gasteiger charge is 2.42. The summed E-state index contributed by atoms with van der Waals surface area (Å²) >= 11 is 0. The number of carbonyl (C=O) groups excluding carboxylic acids is 5. The Morgan fingerprint density at radius 3 is 1.79 bits per heavy atom. The van der Waals surface area contributed by atoms with Gasteiger partial charge < -0.3 is 39.9 Å². The highest BCUT2D eigenvalue weighted by molar-refractivity contribution is 5.83. The van der Waals surface area contributed by atoms with E-state index in [9.17, 15) is 24.0 Å². The molecule has 0 bridgehead atoms. The molecule has 2 fully saturated rings. The number of aryl methyl sites for hydroxylation is 1. The topological polar surface area (TPSA) is 164 Å². The van der Waals surface area contributed by atoms with Gasteiger partial charge in [0.1, 0.15) is 12.8 Å². The molecule has 2 saturated heterocycles. The van der Waals surface area contributed by atoms with Gasteiger partial charge in [-0.2, -0.15) is 0 Å². The van der Waals surface area contributed by atoms with Crippen molar-refractivity contribution in [2.24, 2.45) is 23.5 Å². The lowest BCUT2D eigenvalue weighted by atomic mass is 9.90. The van der Waals surface area contributed by atoms with E-state index in [0.717, 1.165) is 38.6 Å². The Hall–Kier alpha value is -3.43. The molecule has 0 aromatic heterocycles. The van der Waals surface area contributed by atoms with Crippen molar-refractivity contribution >= 4 is 30.5 Å². The van der Waals surface area contributed by atoms with Gasteiger partial charge in [0.2, 0.25) is 18.2 Å². The summed E-state index contributed by atoms with van der Waals surface area (Å²) in [6, 6.07) is 10.0. The third-order valence-corrected chi connectivity index (χ3v) is 10.8. The Labute approximate surface area is 385 Å². The zero-order valence-corrected chi connectivity index (χ0v) is 43.6. The molecule has 14 nitrogen and oxygen atoms in total. The number of carbonyl (C=O) groups is 5. The van der Waals surface area contributed by atoms with Gasteiger partial charge in [-0.3, -0.25) is 29.0 Å². The van der Waals surface area contributed by atoms with Gasteiger partial charge in [-0.25, -0.2) is 0 Å². The number of methoxy groups -OCH3 is 3. The molecule has 8 atom stereocenters. The highest BCUT2D eigenvalue weighted by Crippen LogP contribution is 2.29. The van der Waals surface area contributed by atoms with Gasteiger partial charge in [-0.05, 0) is 65.1 Å². The molecule has 1 aromatic carbocycles. The Morgan fingerprint density at radius 1 is 0.905 bits per heavy atom. The lowest BCUT2D eigenvalue weighted by Crippen LogP contribution is -2.55. The zero-order chi connectivity index (χ0) is 49.8. The highest BCUT2D eigenvalue weighted by atomic mass is 16.5. The molecule has 8 unspecified atom stereocenters. The molecule has 2 aliphatic heterocycles. The fraction of sp³-hybridized carbons (Fsp3) is 0.776. The number of likely N-dealkylation sites (tertiary alicyclic amines) is 2. The van der Waals surface area contributed by atoms with Gasteiger partial charge in [0.05, 0.1) is 49.9 Å². The minimum Gasteiger partial charge on any atom is -0.468 e. The maximum absolute atomic E-state index is 13.5. The molecule has 0 radical (unpaired) electrons. The largest absolute Gasteiger partial charge is 0.468 e. The summed E-state index contributed by atoms with van der Waals surface area (Å²) in [5.41, 5.74) is 7.43. The molecule has 0 spiro atoms. The number of nitrogens with two attached hydrogens (primary N) is 1. The van der Waals surface area contributed by atoms with Crippen LogP contribution in [-0.2, 0) is 38.2 Å². The maximum Gasteiger partial charge on any atom is 0.325 e. The zero-order valence-electron chi connectivity index (χ0n) is 43.6. The Balaban J connectivity index is -0.000000467. The average molecular weight is 897 g/mol. The third-order valence-electron chi connectivity index (χ3n) is 10.8. The normalized spacial score (nSPS) is 18.7. The average Bonchev–Trinajstić information content (AvgIpc) is 3.90. The Kier molecular flexibility index (Phi) is 42.1. The predicted octanol–water partition coefficient (Wildman–Crippen LogP) is 6.71. The molecule has 1 aromatic rings. The van der Waals surface area contributed by atoms with Crippen molar-refractivity contribution in [3.63, 3.8) is 0 Å². The van der Waals surface area contributed by atoms with Gasteiger partial charge in [-0.1, -0.05) is 125 Å². The van der Waals surface area contributed by atoms with E-state index in [-0.39, 0.29) is 73.1 Å². The van der Waals surface area contributed by atoms with Crippen LogP contribution in [0.1, 0.15) is 121 Å². The number of likely N-dealkylation sites (N-methyl/N-ethyl adjacent to an activating group) is 3. The van der Waals surface area contributed by atoms with Gasteiger partial charge >= 0.3 is 5.97 Å². The molecule has 3 rings (SSSR count). The van der Waals surface area contributed by atoms with Crippen LogP contribution in [0.15, 0.2) is 30.3 Å². The molecular formula is C49H96N6O8. The van der Waals surface area contributed by atoms with Gasteiger partial charge in [0.25, 0.3) is 0 Å². The number of hydrogen-bond acceptors (Lipinski definition) is 11. The summed E-state index contributed by atoms with van der Waals surface area (Å²) < 4.78 is 15.9. The van der Waals surface area contributed by atoms with E-state index in [1.165, 1.54) is 12.7 Å². The van der Waals surface area contributed by atoms with Crippen LogP contribution >= 0.6 is 0 Å². The SMILES string of the molecule is CC.CC.CC.CC(C)C(C=O)N(C)C.CCC(C)C(C(CC(=O)N1CCCC1C(OC)C(C)C)OC)N(C)C(=O)C1CC(N)CN1C.COC(=O)CNC=O.Cc1ccccc1. The third kappa shape index (κ3) is 26.2. The number of nitrogens with zero attached hydrogens (tertiary/aromatic N) is 4. The van der Waals surface area contributed by atoms with E-state index in [1.54, 1.807) is 14.2 Å². The van der Waals surface area contributed by atoms with Crippen molar-refractivity contribution in [3.8, 4) is 0 Å². The van der Waals surface area contributed by atoms with E-state index in [0.29, 0.717) is 24.7 Å². The van der Waals surface area contributed by atoms with E-state index in [1.807, 2.05) is 121 Å². The second-order valence-corrected chi connectivity index (χ2v) is 16.1. The van der Waals surface area contributed by atoms with Crippen molar-refractivity contribution in [3.05, 3.63) is 35.9 Å². The summed E-state index contributed by atoms with van der Waals surface area (Å²) in [4.78, 5) is 64.7. The number of hydrogen-bond donors (Lipinski definition) is 2. The molecule has 2 heterocycles. The number of nitrogens with one attached hydrogen (secondary N) is 1. The van der Waals surface area contributed by atoms with Crippen molar-refractivity contribution in [1.82, 2.24) is 24.9 Å². The van der Waals surface area contributed by atoms with Crippen LogP contribution in [0.25, 0.3) is 0 Å². The van der Waals surface area contributed by atoms with E-state index >= 15 is 0 Å². The number of aldehydes is 1. The summed E-state index contributed by atoms with van der Waals surface area (Å²) in [6.45, 7) is 28.1. The van der Waals surface area contributed by atoms with Crippen LogP contribution in [0.2, 0.25) is 0 Å². The van der Waals surface area contributed by atoms with Crippen LogP contribution < -0.4 is 11.1 Å². The number of amides is 3. The van der Waals surface area contributed by atoms with Crippen molar-refractivity contribution in [1.29, 1.82) is 0 Å². The quantitative estimate of drug-likeness (QED) is 0.126. The molecule has 0 saturated carbocycles. The maximum atomic E-state index is 13.5. The van der Waals surface area contributed by atoms with Crippen LogP contribution in [0.3, 0.4) is 0 Å². The van der Waals surface area contributed by atoms with E-state index < -0.39 is 5.97 Å². The van der Waals surface area contributed by atoms with Crippen LogP contribution in [0, 0.1) is 24.7 Å². The second kappa shape index (κ2) is 40.1. The summed E-state index contributed by atoms with van der Waals surface area (Å²) in [6.07, 6.45) is 4.84. The molecular weight excluding hydrogens is 801 g/mol. The molecule has 2 aliphatic rings. The molecule has 3 N–H and O–H groups in total. The lowest BCUT2D eigenvalue weighted by Gasteiger charge is -2.40.